The summed E-state index contributed by atoms with van der Waals surface area (Å²) in [6, 6.07) is 0. The molecule has 6 nitrogen and oxygen atoms in total. The zero-order valence-electron chi connectivity index (χ0n) is 8.98. The first-order valence-corrected chi connectivity index (χ1v) is 5.79. The van der Waals surface area contributed by atoms with E-state index in [1.807, 2.05) is 0 Å². The molecule has 0 aliphatic heterocycles. The van der Waals surface area contributed by atoms with Crippen molar-refractivity contribution in [3.63, 3.8) is 0 Å². The lowest BCUT2D eigenvalue weighted by atomic mass is 10.2. The number of alkyl halides is 2. The Labute approximate surface area is 96.4 Å². The van der Waals surface area contributed by atoms with E-state index < -0.39 is 38.5 Å². The summed E-state index contributed by atoms with van der Waals surface area (Å²) in [5, 5.41) is 4.91. The first kappa shape index (κ1) is 13.6. The fourth-order valence-corrected chi connectivity index (χ4v) is 2.07. The van der Waals surface area contributed by atoms with E-state index in [-0.39, 0.29) is 0 Å². The van der Waals surface area contributed by atoms with Crippen molar-refractivity contribution >= 4 is 10.0 Å². The molecule has 0 aromatic carbocycles. The molecule has 0 saturated heterocycles. The Balaban J connectivity index is 3.67. The molecule has 0 saturated carbocycles. The molecule has 2 N–H and O–H groups in total. The second-order valence-corrected chi connectivity index (χ2v) is 4.43. The van der Waals surface area contributed by atoms with Gasteiger partial charge in [0, 0.05) is 6.20 Å². The monoisotopic (exact) mass is 268 g/mol. The van der Waals surface area contributed by atoms with Gasteiger partial charge in [-0.05, 0) is 0 Å². The lowest BCUT2D eigenvalue weighted by Gasteiger charge is -2.13. The Bertz CT molecular complexity index is 519. The van der Waals surface area contributed by atoms with Gasteiger partial charge in [0.05, 0.1) is 19.8 Å². The summed E-state index contributed by atoms with van der Waals surface area (Å²) in [5.41, 5.74) is -0.669. The zero-order chi connectivity index (χ0) is 13.2. The Morgan fingerprint density at radius 2 is 1.94 bits per heavy atom. The average Bonchev–Trinajstić information content (AvgIpc) is 2.25. The lowest BCUT2D eigenvalue weighted by molar-refractivity contribution is 0.145. The molecule has 0 radical (unpaired) electrons. The molecular weight excluding hydrogens is 258 g/mol. The van der Waals surface area contributed by atoms with Gasteiger partial charge >= 0.3 is 0 Å². The topological polar surface area (TPSA) is 91.5 Å². The smallest absolute Gasteiger partial charge is 0.268 e. The predicted molar refractivity (Wildman–Crippen MR) is 53.7 cm³/mol. The highest BCUT2D eigenvalue weighted by Gasteiger charge is 2.28. The molecule has 1 aromatic heterocycles. The van der Waals surface area contributed by atoms with Crippen molar-refractivity contribution in [1.82, 2.24) is 4.98 Å². The molecule has 1 aromatic rings. The Morgan fingerprint density at radius 3 is 2.29 bits per heavy atom. The number of halogens is 2. The third-order valence-electron chi connectivity index (χ3n) is 1.90. The molecule has 1 rings (SSSR count). The Kier molecular flexibility index (Phi) is 3.83. The molecule has 0 fully saturated rings. The van der Waals surface area contributed by atoms with Gasteiger partial charge in [0.2, 0.25) is 15.9 Å². The molecule has 0 atom stereocenters. The minimum Gasteiger partial charge on any atom is -0.495 e. The molecule has 0 aliphatic carbocycles. The van der Waals surface area contributed by atoms with Crippen LogP contribution in [0.2, 0.25) is 0 Å². The highest BCUT2D eigenvalue weighted by Crippen LogP contribution is 2.37. The fourth-order valence-electron chi connectivity index (χ4n) is 1.24. The summed E-state index contributed by atoms with van der Waals surface area (Å²) in [6.45, 7) is 0. The fraction of sp³-hybridized carbons (Fsp3) is 0.375. The van der Waals surface area contributed by atoms with Crippen LogP contribution in [0.5, 0.6) is 11.6 Å². The summed E-state index contributed by atoms with van der Waals surface area (Å²) in [6.07, 6.45) is -2.17. The first-order valence-electron chi connectivity index (χ1n) is 4.24. The minimum absolute atomic E-state index is 0.395. The maximum absolute atomic E-state index is 12.6. The number of pyridine rings is 1. The van der Waals surface area contributed by atoms with Crippen molar-refractivity contribution in [2.45, 2.75) is 11.3 Å². The van der Waals surface area contributed by atoms with E-state index in [2.05, 4.69) is 14.5 Å². The number of nitrogens with two attached hydrogens (primary N) is 1. The van der Waals surface area contributed by atoms with Crippen LogP contribution in [-0.2, 0) is 10.0 Å². The number of hydrogen-bond acceptors (Lipinski definition) is 5. The van der Waals surface area contributed by atoms with E-state index in [0.717, 1.165) is 20.4 Å². The van der Waals surface area contributed by atoms with Crippen LogP contribution in [0.3, 0.4) is 0 Å². The van der Waals surface area contributed by atoms with Gasteiger partial charge in [-0.15, -0.1) is 0 Å². The van der Waals surface area contributed by atoms with Crippen molar-refractivity contribution in [3.8, 4) is 11.6 Å². The zero-order valence-corrected chi connectivity index (χ0v) is 9.79. The van der Waals surface area contributed by atoms with Crippen LogP contribution in [-0.4, -0.2) is 27.6 Å². The second kappa shape index (κ2) is 4.80. The van der Waals surface area contributed by atoms with E-state index in [0.29, 0.717) is 0 Å². The standard InChI is InChI=1S/C8H10F2N2O4S/c1-15-5-4(7(9)10)3-12-8(16-2)6(5)17(11,13)14/h3,7H,1-2H3,(H2,11,13,14). The average molecular weight is 268 g/mol. The summed E-state index contributed by atoms with van der Waals surface area (Å²) in [7, 11) is -2.10. The van der Waals surface area contributed by atoms with Crippen LogP contribution in [0.4, 0.5) is 8.78 Å². The van der Waals surface area contributed by atoms with Crippen LogP contribution in [0.15, 0.2) is 11.1 Å². The Morgan fingerprint density at radius 1 is 1.35 bits per heavy atom. The first-order chi connectivity index (χ1) is 7.82. The number of primary sulfonamides is 1. The normalized spacial score (nSPS) is 11.6. The molecule has 0 spiro atoms. The number of rotatable bonds is 4. The minimum atomic E-state index is -4.29. The van der Waals surface area contributed by atoms with Crippen molar-refractivity contribution < 1.29 is 26.7 Å². The number of ether oxygens (including phenoxy) is 2. The molecule has 0 amide bonds. The number of hydrogen-bond donors (Lipinski definition) is 1. The van der Waals surface area contributed by atoms with E-state index in [1.165, 1.54) is 0 Å². The van der Waals surface area contributed by atoms with Gasteiger partial charge < -0.3 is 9.47 Å². The third kappa shape index (κ3) is 2.61. The van der Waals surface area contributed by atoms with Crippen LogP contribution >= 0.6 is 0 Å². The molecule has 17 heavy (non-hydrogen) atoms. The van der Waals surface area contributed by atoms with Crippen LogP contribution < -0.4 is 14.6 Å². The number of aromatic nitrogens is 1. The van der Waals surface area contributed by atoms with Crippen molar-refractivity contribution in [1.29, 1.82) is 0 Å². The molecule has 1 heterocycles. The molecule has 9 heteroatoms. The summed E-state index contributed by atoms with van der Waals surface area (Å²) < 4.78 is 57.1. The quantitative estimate of drug-likeness (QED) is 0.867. The van der Waals surface area contributed by atoms with Gasteiger partial charge in [-0.2, -0.15) is 0 Å². The van der Waals surface area contributed by atoms with E-state index in [4.69, 9.17) is 5.14 Å². The molecular formula is C8H10F2N2O4S. The molecule has 0 unspecified atom stereocenters. The lowest BCUT2D eigenvalue weighted by Crippen LogP contribution is -2.16. The van der Waals surface area contributed by atoms with Gasteiger partial charge in [-0.25, -0.2) is 27.3 Å². The summed E-state index contributed by atoms with van der Waals surface area (Å²) in [4.78, 5) is 2.76. The highest BCUT2D eigenvalue weighted by molar-refractivity contribution is 7.89. The Hall–Kier alpha value is -1.48. The summed E-state index contributed by atoms with van der Waals surface area (Å²) in [5.74, 6) is -0.955. The van der Waals surface area contributed by atoms with Gasteiger partial charge in [-0.1, -0.05) is 0 Å². The van der Waals surface area contributed by atoms with Gasteiger partial charge in [0.25, 0.3) is 6.43 Å². The van der Waals surface area contributed by atoms with E-state index >= 15 is 0 Å². The third-order valence-corrected chi connectivity index (χ3v) is 2.83. The van der Waals surface area contributed by atoms with Gasteiger partial charge in [-0.3, -0.25) is 0 Å². The maximum atomic E-state index is 12.6. The maximum Gasteiger partial charge on any atom is 0.268 e. The second-order valence-electron chi connectivity index (χ2n) is 2.93. The van der Waals surface area contributed by atoms with Crippen LogP contribution in [0.1, 0.15) is 12.0 Å². The van der Waals surface area contributed by atoms with E-state index in [9.17, 15) is 17.2 Å². The summed E-state index contributed by atoms with van der Waals surface area (Å²) >= 11 is 0. The number of methoxy groups -OCH3 is 2. The van der Waals surface area contributed by atoms with Gasteiger partial charge in [0.15, 0.2) is 10.6 Å². The number of sulfonamides is 1. The van der Waals surface area contributed by atoms with Crippen LogP contribution in [0.25, 0.3) is 0 Å². The molecule has 0 bridgehead atoms. The van der Waals surface area contributed by atoms with Crippen LogP contribution in [0, 0.1) is 0 Å². The van der Waals surface area contributed by atoms with Gasteiger partial charge in [0.1, 0.15) is 0 Å². The SMILES string of the molecule is COc1ncc(C(F)F)c(OC)c1S(N)(=O)=O. The predicted octanol–water partition coefficient (Wildman–Crippen LogP) is 0.684. The molecule has 96 valence electrons. The molecule has 0 aliphatic rings. The van der Waals surface area contributed by atoms with E-state index in [1.54, 1.807) is 0 Å². The largest absolute Gasteiger partial charge is 0.495 e. The van der Waals surface area contributed by atoms with Crippen molar-refractivity contribution in [2.24, 2.45) is 5.14 Å². The highest BCUT2D eigenvalue weighted by atomic mass is 32.2. The number of nitrogens with zero attached hydrogens (tertiary/aromatic N) is 1. The van der Waals surface area contributed by atoms with Crippen molar-refractivity contribution in [2.75, 3.05) is 14.2 Å². The van der Waals surface area contributed by atoms with Crippen molar-refractivity contribution in [3.05, 3.63) is 11.8 Å².